The second-order valence-corrected chi connectivity index (χ2v) is 5.02. The molecule has 6 nitrogen and oxygen atoms in total. The minimum Gasteiger partial charge on any atom is -0.444 e. The van der Waals surface area contributed by atoms with Crippen molar-refractivity contribution in [2.24, 2.45) is 0 Å². The summed E-state index contributed by atoms with van der Waals surface area (Å²) in [5.74, 6) is 0.800. The van der Waals surface area contributed by atoms with Crippen LogP contribution >= 0.6 is 0 Å². The maximum atomic E-state index is 11.6. The molecule has 0 saturated heterocycles. The van der Waals surface area contributed by atoms with Crippen LogP contribution in [0, 0.1) is 6.92 Å². The summed E-state index contributed by atoms with van der Waals surface area (Å²) in [6, 6.07) is 3.51. The zero-order valence-electron chi connectivity index (χ0n) is 10.9. The summed E-state index contributed by atoms with van der Waals surface area (Å²) >= 11 is 0. The Labute approximate surface area is 105 Å². The van der Waals surface area contributed by atoms with Crippen LogP contribution in [0.2, 0.25) is 0 Å². The molecule has 2 aromatic rings. The third-order valence-electron chi connectivity index (χ3n) is 2.23. The predicted octanol–water partition coefficient (Wildman–Crippen LogP) is 2.38. The molecule has 0 fully saturated rings. The number of hydrogen-bond donors (Lipinski definition) is 1. The Hall–Kier alpha value is -2.11. The van der Waals surface area contributed by atoms with Gasteiger partial charge in [-0.05, 0) is 33.8 Å². The number of aromatic nitrogens is 3. The SMILES string of the molecule is Cc1nnc2cc(NC(=O)OC(C)(C)C)ccn12. The third kappa shape index (κ3) is 2.77. The van der Waals surface area contributed by atoms with Crippen molar-refractivity contribution >= 4 is 17.4 Å². The number of pyridine rings is 1. The molecule has 0 aliphatic heterocycles. The van der Waals surface area contributed by atoms with Crippen LogP contribution < -0.4 is 5.32 Å². The molecule has 0 saturated carbocycles. The number of nitrogens with zero attached hydrogens (tertiary/aromatic N) is 3. The van der Waals surface area contributed by atoms with Gasteiger partial charge >= 0.3 is 6.09 Å². The maximum Gasteiger partial charge on any atom is 0.412 e. The van der Waals surface area contributed by atoms with Gasteiger partial charge in [0.05, 0.1) is 0 Å². The number of ether oxygens (including phenoxy) is 1. The molecule has 18 heavy (non-hydrogen) atoms. The lowest BCUT2D eigenvalue weighted by atomic mass is 10.2. The Morgan fingerprint density at radius 2 is 2.11 bits per heavy atom. The van der Waals surface area contributed by atoms with Crippen LogP contribution in [-0.4, -0.2) is 26.3 Å². The van der Waals surface area contributed by atoms with E-state index in [1.54, 1.807) is 18.3 Å². The molecule has 6 heteroatoms. The van der Waals surface area contributed by atoms with Crippen LogP contribution in [0.4, 0.5) is 10.5 Å². The fraction of sp³-hybridized carbons (Fsp3) is 0.417. The fourth-order valence-electron chi connectivity index (χ4n) is 1.51. The van der Waals surface area contributed by atoms with Crippen LogP contribution in [0.15, 0.2) is 18.3 Å². The number of rotatable bonds is 1. The zero-order valence-corrected chi connectivity index (χ0v) is 10.9. The van der Waals surface area contributed by atoms with Crippen LogP contribution in [0.25, 0.3) is 5.65 Å². The molecule has 0 aromatic carbocycles. The van der Waals surface area contributed by atoms with E-state index in [-0.39, 0.29) is 0 Å². The van der Waals surface area contributed by atoms with Crippen LogP contribution in [0.1, 0.15) is 26.6 Å². The lowest BCUT2D eigenvalue weighted by molar-refractivity contribution is 0.0636. The van der Waals surface area contributed by atoms with Gasteiger partial charge in [-0.1, -0.05) is 0 Å². The Kier molecular flexibility index (Phi) is 2.94. The van der Waals surface area contributed by atoms with E-state index in [9.17, 15) is 4.79 Å². The topological polar surface area (TPSA) is 68.5 Å². The second-order valence-electron chi connectivity index (χ2n) is 5.02. The van der Waals surface area contributed by atoms with E-state index in [2.05, 4.69) is 15.5 Å². The lowest BCUT2D eigenvalue weighted by Gasteiger charge is -2.19. The van der Waals surface area contributed by atoms with E-state index in [1.807, 2.05) is 32.1 Å². The van der Waals surface area contributed by atoms with Gasteiger partial charge in [-0.25, -0.2) is 4.79 Å². The number of aryl methyl sites for hydroxylation is 1. The molecule has 0 bridgehead atoms. The largest absolute Gasteiger partial charge is 0.444 e. The number of amides is 1. The standard InChI is InChI=1S/C12H16N4O2/c1-8-14-15-10-7-9(5-6-16(8)10)13-11(17)18-12(2,3)4/h5-7H,1-4H3,(H,13,17). The number of anilines is 1. The van der Waals surface area contributed by atoms with Crippen molar-refractivity contribution in [3.05, 3.63) is 24.2 Å². The quantitative estimate of drug-likeness (QED) is 0.841. The Morgan fingerprint density at radius 3 is 2.78 bits per heavy atom. The van der Waals surface area contributed by atoms with E-state index < -0.39 is 11.7 Å². The van der Waals surface area contributed by atoms with E-state index >= 15 is 0 Å². The molecule has 0 spiro atoms. The number of carbonyl (C=O) groups is 1. The van der Waals surface area contributed by atoms with E-state index in [0.717, 1.165) is 5.82 Å². The molecule has 0 aliphatic rings. The summed E-state index contributed by atoms with van der Waals surface area (Å²) in [4.78, 5) is 11.6. The van der Waals surface area contributed by atoms with Gasteiger partial charge < -0.3 is 4.74 Å². The Bertz CT molecular complexity index is 583. The van der Waals surface area contributed by atoms with Crippen LogP contribution in [-0.2, 0) is 4.74 Å². The first-order chi connectivity index (χ1) is 8.35. The minimum absolute atomic E-state index is 0.483. The first kappa shape index (κ1) is 12.3. The van der Waals surface area contributed by atoms with Gasteiger partial charge in [0, 0.05) is 18.0 Å². The molecular weight excluding hydrogens is 232 g/mol. The number of carbonyl (C=O) groups excluding carboxylic acids is 1. The number of nitrogens with one attached hydrogen (secondary N) is 1. The molecular formula is C12H16N4O2. The first-order valence-electron chi connectivity index (χ1n) is 5.66. The van der Waals surface area contributed by atoms with Crippen molar-refractivity contribution in [1.29, 1.82) is 0 Å². The second kappa shape index (κ2) is 4.29. The van der Waals surface area contributed by atoms with Crippen molar-refractivity contribution in [2.45, 2.75) is 33.3 Å². The number of hydrogen-bond acceptors (Lipinski definition) is 4. The molecule has 2 aromatic heterocycles. The predicted molar refractivity (Wildman–Crippen MR) is 67.6 cm³/mol. The van der Waals surface area contributed by atoms with Crippen molar-refractivity contribution in [3.63, 3.8) is 0 Å². The average Bonchev–Trinajstić information content (AvgIpc) is 2.57. The first-order valence-corrected chi connectivity index (χ1v) is 5.66. The molecule has 0 aliphatic carbocycles. The summed E-state index contributed by atoms with van der Waals surface area (Å²) in [6.07, 6.45) is 1.32. The van der Waals surface area contributed by atoms with Crippen molar-refractivity contribution in [3.8, 4) is 0 Å². The van der Waals surface area contributed by atoms with Gasteiger partial charge in [-0.3, -0.25) is 9.72 Å². The van der Waals surface area contributed by atoms with Gasteiger partial charge in [-0.15, -0.1) is 10.2 Å². The molecule has 96 valence electrons. The van der Waals surface area contributed by atoms with E-state index in [1.165, 1.54) is 0 Å². The molecule has 2 heterocycles. The van der Waals surface area contributed by atoms with Crippen molar-refractivity contribution < 1.29 is 9.53 Å². The monoisotopic (exact) mass is 248 g/mol. The number of fused-ring (bicyclic) bond motifs is 1. The van der Waals surface area contributed by atoms with Gasteiger partial charge in [-0.2, -0.15) is 0 Å². The normalized spacial score (nSPS) is 11.6. The fourth-order valence-corrected chi connectivity index (χ4v) is 1.51. The highest BCUT2D eigenvalue weighted by Crippen LogP contribution is 2.14. The maximum absolute atomic E-state index is 11.6. The molecule has 1 amide bonds. The van der Waals surface area contributed by atoms with E-state index in [4.69, 9.17) is 4.74 Å². The summed E-state index contributed by atoms with van der Waals surface area (Å²) in [6.45, 7) is 7.31. The van der Waals surface area contributed by atoms with Crippen molar-refractivity contribution in [1.82, 2.24) is 14.6 Å². The van der Waals surface area contributed by atoms with Crippen molar-refractivity contribution in [2.75, 3.05) is 5.32 Å². The molecule has 1 N–H and O–H groups in total. The summed E-state index contributed by atoms with van der Waals surface area (Å²) in [5, 5.41) is 10.6. The molecule has 0 atom stereocenters. The minimum atomic E-state index is -0.514. The van der Waals surface area contributed by atoms with Gasteiger partial charge in [0.25, 0.3) is 0 Å². The van der Waals surface area contributed by atoms with Crippen LogP contribution in [0.5, 0.6) is 0 Å². The van der Waals surface area contributed by atoms with Crippen LogP contribution in [0.3, 0.4) is 0 Å². The highest BCUT2D eigenvalue weighted by Gasteiger charge is 2.16. The smallest absolute Gasteiger partial charge is 0.412 e. The van der Waals surface area contributed by atoms with Gasteiger partial charge in [0.15, 0.2) is 5.65 Å². The Morgan fingerprint density at radius 1 is 1.39 bits per heavy atom. The third-order valence-corrected chi connectivity index (χ3v) is 2.23. The Balaban J connectivity index is 2.15. The summed E-state index contributed by atoms with van der Waals surface area (Å²) in [7, 11) is 0. The highest BCUT2D eigenvalue weighted by molar-refractivity contribution is 5.85. The molecule has 2 rings (SSSR count). The van der Waals surface area contributed by atoms with Gasteiger partial charge in [0.1, 0.15) is 11.4 Å². The summed E-state index contributed by atoms with van der Waals surface area (Å²) < 4.78 is 7.00. The highest BCUT2D eigenvalue weighted by atomic mass is 16.6. The lowest BCUT2D eigenvalue weighted by Crippen LogP contribution is -2.27. The molecule has 0 unspecified atom stereocenters. The zero-order chi connectivity index (χ0) is 13.3. The van der Waals surface area contributed by atoms with E-state index in [0.29, 0.717) is 11.3 Å². The average molecular weight is 248 g/mol. The summed E-state index contributed by atoms with van der Waals surface area (Å²) in [5.41, 5.74) is 0.796. The molecule has 0 radical (unpaired) electrons. The van der Waals surface area contributed by atoms with Gasteiger partial charge in [0.2, 0.25) is 0 Å².